The van der Waals surface area contributed by atoms with Gasteiger partial charge in [0.1, 0.15) is 0 Å². The van der Waals surface area contributed by atoms with Gasteiger partial charge in [-0.15, -0.1) is 0 Å². The van der Waals surface area contributed by atoms with Crippen molar-refractivity contribution in [3.63, 3.8) is 0 Å². The molecule has 1 saturated heterocycles. The second-order valence-corrected chi connectivity index (χ2v) is 8.35. The van der Waals surface area contributed by atoms with E-state index in [1.54, 1.807) is 0 Å². The number of hydrogen-bond donors (Lipinski definition) is 3. The molecule has 0 spiro atoms. The van der Waals surface area contributed by atoms with Crippen LogP contribution in [0.2, 0.25) is 0 Å². The summed E-state index contributed by atoms with van der Waals surface area (Å²) < 4.78 is 0. The van der Waals surface area contributed by atoms with Gasteiger partial charge in [0.2, 0.25) is 0 Å². The Morgan fingerprint density at radius 3 is 2.81 bits per heavy atom. The first kappa shape index (κ1) is 25.8. The van der Waals surface area contributed by atoms with Crippen LogP contribution in [0.25, 0.3) is 0 Å². The fraction of sp³-hybridized carbons (Fsp3) is 0.500. The summed E-state index contributed by atoms with van der Waals surface area (Å²) in [6.45, 7) is 12.5. The van der Waals surface area contributed by atoms with E-state index in [0.29, 0.717) is 6.04 Å². The average Bonchev–Trinajstić information content (AvgIpc) is 3.26. The molecule has 1 fully saturated rings. The van der Waals surface area contributed by atoms with Crippen molar-refractivity contribution in [2.45, 2.75) is 58.4 Å². The summed E-state index contributed by atoms with van der Waals surface area (Å²) in [6.07, 6.45) is 20.9. The molecule has 1 aliphatic heterocycles. The van der Waals surface area contributed by atoms with Crippen molar-refractivity contribution in [1.29, 1.82) is 0 Å². The van der Waals surface area contributed by atoms with Crippen molar-refractivity contribution < 1.29 is 0 Å². The number of nitrogens with one attached hydrogen (secondary N) is 3. The normalized spacial score (nSPS) is 19.9. The van der Waals surface area contributed by atoms with Gasteiger partial charge in [0.25, 0.3) is 0 Å². The van der Waals surface area contributed by atoms with Gasteiger partial charge in [-0.3, -0.25) is 4.90 Å². The van der Waals surface area contributed by atoms with E-state index in [1.165, 1.54) is 23.4 Å². The van der Waals surface area contributed by atoms with Gasteiger partial charge in [0.15, 0.2) is 0 Å². The molecule has 1 heterocycles. The number of likely N-dealkylation sites (N-methyl/N-ethyl adjacent to an activating group) is 1. The summed E-state index contributed by atoms with van der Waals surface area (Å²) in [4.78, 5) is 2.51. The molecular formula is C28H42N4. The fourth-order valence-electron chi connectivity index (χ4n) is 3.89. The van der Waals surface area contributed by atoms with Gasteiger partial charge in [0.05, 0.1) is 0 Å². The Balaban J connectivity index is 1.87. The van der Waals surface area contributed by atoms with Gasteiger partial charge >= 0.3 is 0 Å². The van der Waals surface area contributed by atoms with Gasteiger partial charge in [-0.25, -0.2) is 0 Å². The smallest absolute Gasteiger partial charge is 0.0382 e. The molecule has 4 nitrogen and oxygen atoms in total. The Bertz CT molecular complexity index is 801. The maximum atomic E-state index is 3.87. The Morgan fingerprint density at radius 2 is 2.16 bits per heavy atom. The molecule has 1 unspecified atom stereocenters. The molecule has 0 radical (unpaired) electrons. The molecule has 3 N–H and O–H groups in total. The van der Waals surface area contributed by atoms with Gasteiger partial charge in [-0.2, -0.15) is 0 Å². The van der Waals surface area contributed by atoms with Gasteiger partial charge in [0, 0.05) is 61.3 Å². The van der Waals surface area contributed by atoms with Crippen LogP contribution >= 0.6 is 0 Å². The molecule has 1 atom stereocenters. The first-order chi connectivity index (χ1) is 15.7. The highest BCUT2D eigenvalue weighted by molar-refractivity contribution is 5.37. The molecular weight excluding hydrogens is 392 g/mol. The summed E-state index contributed by atoms with van der Waals surface area (Å²) in [6, 6.07) is 0.605. The predicted molar refractivity (Wildman–Crippen MR) is 139 cm³/mol. The lowest BCUT2D eigenvalue weighted by Crippen LogP contribution is -2.32. The second-order valence-electron chi connectivity index (χ2n) is 8.35. The first-order valence-electron chi connectivity index (χ1n) is 12.2. The van der Waals surface area contributed by atoms with Crippen molar-refractivity contribution in [1.82, 2.24) is 20.9 Å². The van der Waals surface area contributed by atoms with E-state index in [-0.39, 0.29) is 0 Å². The highest BCUT2D eigenvalue weighted by atomic mass is 15.2. The molecule has 4 heteroatoms. The fourth-order valence-corrected chi connectivity index (χ4v) is 3.89. The largest absolute Gasteiger partial charge is 0.388 e. The molecule has 2 rings (SSSR count). The van der Waals surface area contributed by atoms with Crippen molar-refractivity contribution in [2.75, 3.05) is 33.2 Å². The summed E-state index contributed by atoms with van der Waals surface area (Å²) in [5.41, 5.74) is 4.85. The lowest BCUT2D eigenvalue weighted by atomic mass is 10.0. The SMILES string of the molecule is C=C/C=C(\C=C/CC#CC1=CC=C(NCCC)CC1)N/C(=C/CC)CN1CCC(NC)C1. The first-order valence-corrected chi connectivity index (χ1v) is 12.2. The Morgan fingerprint density at radius 1 is 1.28 bits per heavy atom. The van der Waals surface area contributed by atoms with Crippen LogP contribution < -0.4 is 16.0 Å². The lowest BCUT2D eigenvalue weighted by Gasteiger charge is -2.20. The van der Waals surface area contributed by atoms with E-state index in [9.17, 15) is 0 Å². The van der Waals surface area contributed by atoms with Crippen LogP contribution in [0.3, 0.4) is 0 Å². The Hall–Kier alpha value is -2.48. The van der Waals surface area contributed by atoms with E-state index in [1.807, 2.05) is 12.2 Å². The molecule has 1 aliphatic carbocycles. The van der Waals surface area contributed by atoms with Crippen LogP contribution in [0.4, 0.5) is 0 Å². The number of likely N-dealkylation sites (tertiary alicyclic amines) is 1. The third-order valence-corrected chi connectivity index (χ3v) is 5.65. The predicted octanol–water partition coefficient (Wildman–Crippen LogP) is 4.79. The van der Waals surface area contributed by atoms with Crippen LogP contribution in [0.15, 0.2) is 71.8 Å². The lowest BCUT2D eigenvalue weighted by molar-refractivity contribution is 0.352. The zero-order valence-corrected chi connectivity index (χ0v) is 20.3. The average molecular weight is 435 g/mol. The van der Waals surface area contributed by atoms with E-state index in [0.717, 1.165) is 64.0 Å². The van der Waals surface area contributed by atoms with Crippen molar-refractivity contribution in [2.24, 2.45) is 0 Å². The zero-order valence-electron chi connectivity index (χ0n) is 20.3. The van der Waals surface area contributed by atoms with Crippen LogP contribution in [0.5, 0.6) is 0 Å². The Kier molecular flexibility index (Phi) is 12.4. The van der Waals surface area contributed by atoms with Crippen LogP contribution in [0, 0.1) is 11.8 Å². The summed E-state index contributed by atoms with van der Waals surface area (Å²) >= 11 is 0. The number of hydrogen-bond acceptors (Lipinski definition) is 4. The van der Waals surface area contributed by atoms with E-state index in [4.69, 9.17) is 0 Å². The van der Waals surface area contributed by atoms with Crippen molar-refractivity contribution in [3.05, 3.63) is 71.8 Å². The van der Waals surface area contributed by atoms with Crippen LogP contribution in [-0.4, -0.2) is 44.2 Å². The molecule has 32 heavy (non-hydrogen) atoms. The third-order valence-electron chi connectivity index (χ3n) is 5.65. The monoisotopic (exact) mass is 434 g/mol. The van der Waals surface area contributed by atoms with Gasteiger partial charge in [-0.05, 0) is 63.5 Å². The molecule has 0 aromatic rings. The minimum atomic E-state index is 0.605. The van der Waals surface area contributed by atoms with Gasteiger partial charge in [-0.1, -0.05) is 50.5 Å². The van der Waals surface area contributed by atoms with Crippen molar-refractivity contribution >= 4 is 0 Å². The molecule has 0 aromatic carbocycles. The van der Waals surface area contributed by atoms with E-state index in [2.05, 4.69) is 90.5 Å². The maximum absolute atomic E-state index is 3.87. The molecule has 2 aliphatic rings. The van der Waals surface area contributed by atoms with E-state index >= 15 is 0 Å². The van der Waals surface area contributed by atoms with Crippen molar-refractivity contribution in [3.8, 4) is 11.8 Å². The van der Waals surface area contributed by atoms with Crippen LogP contribution in [0.1, 0.15) is 52.4 Å². The quantitative estimate of drug-likeness (QED) is 0.305. The van der Waals surface area contributed by atoms with Crippen LogP contribution in [-0.2, 0) is 0 Å². The standard InChI is InChI=1S/C28H42N4/c1-5-11-26(31-28(12-6-2)23-32-21-19-27(22-32)29-4)14-10-8-9-13-24-15-17-25(18-16-24)30-20-7-3/h5,10-12,14-15,17,27,29-31H,1,6-8,16,18-23H2,2-4H3/b14-10-,26-11+,28-12+. The highest BCUT2D eigenvalue weighted by Gasteiger charge is 2.21. The minimum Gasteiger partial charge on any atom is -0.388 e. The molecule has 0 amide bonds. The summed E-state index contributed by atoms with van der Waals surface area (Å²) in [5.74, 6) is 6.62. The topological polar surface area (TPSA) is 39.3 Å². The molecule has 174 valence electrons. The third kappa shape index (κ3) is 9.77. The van der Waals surface area contributed by atoms with E-state index < -0.39 is 0 Å². The number of rotatable bonds is 12. The number of allylic oxidation sites excluding steroid dienone is 9. The second kappa shape index (κ2) is 15.3. The minimum absolute atomic E-state index is 0.605. The van der Waals surface area contributed by atoms with Gasteiger partial charge < -0.3 is 16.0 Å². The highest BCUT2D eigenvalue weighted by Crippen LogP contribution is 2.16. The molecule has 0 aromatic heterocycles. The molecule has 0 saturated carbocycles. The zero-order chi connectivity index (χ0) is 23.0. The molecule has 0 bridgehead atoms. The summed E-state index contributed by atoms with van der Waals surface area (Å²) in [7, 11) is 2.05. The summed E-state index contributed by atoms with van der Waals surface area (Å²) in [5, 5.41) is 10.5. The number of nitrogens with zero attached hydrogens (tertiary/aromatic N) is 1. The Labute approximate surface area is 196 Å². The maximum Gasteiger partial charge on any atom is 0.0382 e.